The zero-order valence-corrected chi connectivity index (χ0v) is 11.3. The second-order valence-electron chi connectivity index (χ2n) is 4.41. The normalized spacial score (nSPS) is 10.8. The van der Waals surface area contributed by atoms with Crippen molar-refractivity contribution in [3.63, 3.8) is 0 Å². The number of nitrogens with one attached hydrogen (secondary N) is 2. The summed E-state index contributed by atoms with van der Waals surface area (Å²) in [5.41, 5.74) is 3.01. The van der Waals surface area contributed by atoms with Crippen molar-refractivity contribution in [1.29, 1.82) is 0 Å². The smallest absolute Gasteiger partial charge is 0.232 e. The van der Waals surface area contributed by atoms with Gasteiger partial charge in [-0.2, -0.15) is 0 Å². The molecule has 0 saturated heterocycles. The molecule has 1 amide bonds. The number of amides is 1. The number of hydrogen-bond acceptors (Lipinski definition) is 3. The van der Waals surface area contributed by atoms with Crippen LogP contribution in [-0.4, -0.2) is 15.9 Å². The fraction of sp³-hybridized carbons (Fsp3) is 0.143. The van der Waals surface area contributed by atoms with Crippen molar-refractivity contribution in [2.24, 2.45) is 0 Å². The zero-order valence-electron chi connectivity index (χ0n) is 10.4. The summed E-state index contributed by atoms with van der Waals surface area (Å²) in [5.74, 6) is -0.0572. The summed E-state index contributed by atoms with van der Waals surface area (Å²) in [6, 6.07) is 9.84. The van der Waals surface area contributed by atoms with Crippen LogP contribution in [0.25, 0.3) is 10.2 Å². The molecule has 0 atom stereocenters. The average Bonchev–Trinajstić information content (AvgIpc) is 2.97. The molecule has 19 heavy (non-hydrogen) atoms. The number of anilines is 1. The SMILES string of the molecule is Cc1ccc2nc(NC(=O)Cc3ccc[nH]3)sc2c1. The second kappa shape index (κ2) is 4.85. The Morgan fingerprint density at radius 3 is 3.11 bits per heavy atom. The highest BCUT2D eigenvalue weighted by molar-refractivity contribution is 7.22. The van der Waals surface area contributed by atoms with Gasteiger partial charge in [0.2, 0.25) is 5.91 Å². The van der Waals surface area contributed by atoms with E-state index in [0.29, 0.717) is 11.6 Å². The average molecular weight is 271 g/mol. The number of aromatic amines is 1. The van der Waals surface area contributed by atoms with Crippen molar-refractivity contribution in [2.75, 3.05) is 5.32 Å². The van der Waals surface area contributed by atoms with Gasteiger partial charge in [0.15, 0.2) is 5.13 Å². The lowest BCUT2D eigenvalue weighted by atomic mass is 10.2. The third-order valence-corrected chi connectivity index (χ3v) is 3.74. The van der Waals surface area contributed by atoms with Crippen molar-refractivity contribution in [3.8, 4) is 0 Å². The number of nitrogens with zero attached hydrogens (tertiary/aromatic N) is 1. The molecule has 0 unspecified atom stereocenters. The number of hydrogen-bond donors (Lipinski definition) is 2. The maximum atomic E-state index is 11.9. The third kappa shape index (κ3) is 2.66. The minimum Gasteiger partial charge on any atom is -0.365 e. The van der Waals surface area contributed by atoms with Crippen LogP contribution in [0.4, 0.5) is 5.13 Å². The molecule has 2 heterocycles. The van der Waals surface area contributed by atoms with Crippen LogP contribution >= 0.6 is 11.3 Å². The molecular weight excluding hydrogens is 258 g/mol. The summed E-state index contributed by atoms with van der Waals surface area (Å²) in [4.78, 5) is 19.3. The number of thiazole rings is 1. The highest BCUT2D eigenvalue weighted by Crippen LogP contribution is 2.26. The van der Waals surface area contributed by atoms with Crippen LogP contribution in [0.2, 0.25) is 0 Å². The number of H-pyrrole nitrogens is 1. The van der Waals surface area contributed by atoms with Crippen LogP contribution in [0.1, 0.15) is 11.3 Å². The van der Waals surface area contributed by atoms with Crippen molar-refractivity contribution < 1.29 is 4.79 Å². The standard InChI is InChI=1S/C14H13N3OS/c1-9-4-5-11-12(7-9)19-14(16-11)17-13(18)8-10-3-2-6-15-10/h2-7,15H,8H2,1H3,(H,16,17,18). The van der Waals surface area contributed by atoms with Gasteiger partial charge in [-0.25, -0.2) is 4.98 Å². The summed E-state index contributed by atoms with van der Waals surface area (Å²) in [7, 11) is 0. The number of carbonyl (C=O) groups is 1. The van der Waals surface area contributed by atoms with Crippen molar-refractivity contribution in [1.82, 2.24) is 9.97 Å². The number of aromatic nitrogens is 2. The van der Waals surface area contributed by atoms with Gasteiger partial charge >= 0.3 is 0 Å². The Morgan fingerprint density at radius 1 is 1.42 bits per heavy atom. The number of carbonyl (C=O) groups excluding carboxylic acids is 1. The minimum absolute atomic E-state index is 0.0572. The molecule has 0 saturated carbocycles. The lowest BCUT2D eigenvalue weighted by Gasteiger charge is -1.99. The summed E-state index contributed by atoms with van der Waals surface area (Å²) in [6.07, 6.45) is 2.14. The van der Waals surface area contributed by atoms with Gasteiger partial charge in [-0.05, 0) is 36.8 Å². The first-order valence-electron chi connectivity index (χ1n) is 6.00. The van der Waals surface area contributed by atoms with Crippen LogP contribution in [0.15, 0.2) is 36.5 Å². The molecule has 0 aliphatic rings. The molecule has 3 aromatic rings. The Bertz CT molecular complexity index is 715. The van der Waals surface area contributed by atoms with Crippen LogP contribution in [0, 0.1) is 6.92 Å². The van der Waals surface area contributed by atoms with Crippen LogP contribution in [0.3, 0.4) is 0 Å². The van der Waals surface area contributed by atoms with Crippen molar-refractivity contribution in [2.45, 2.75) is 13.3 Å². The number of fused-ring (bicyclic) bond motifs is 1. The summed E-state index contributed by atoms with van der Waals surface area (Å²) in [6.45, 7) is 2.04. The quantitative estimate of drug-likeness (QED) is 0.769. The van der Waals surface area contributed by atoms with E-state index in [0.717, 1.165) is 15.9 Å². The molecule has 4 nitrogen and oxygen atoms in total. The topological polar surface area (TPSA) is 57.8 Å². The first-order valence-corrected chi connectivity index (χ1v) is 6.82. The number of rotatable bonds is 3. The highest BCUT2D eigenvalue weighted by Gasteiger charge is 2.08. The molecule has 1 aromatic carbocycles. The lowest BCUT2D eigenvalue weighted by Crippen LogP contribution is -2.14. The Hall–Kier alpha value is -2.14. The van der Waals surface area contributed by atoms with Crippen molar-refractivity contribution >= 4 is 32.6 Å². The molecule has 2 N–H and O–H groups in total. The Labute approximate surface area is 114 Å². The summed E-state index contributed by atoms with van der Waals surface area (Å²) < 4.78 is 1.09. The molecule has 0 bridgehead atoms. The molecule has 3 rings (SSSR count). The van der Waals surface area contributed by atoms with Gasteiger partial charge in [-0.1, -0.05) is 17.4 Å². The molecule has 0 radical (unpaired) electrons. The number of benzene rings is 1. The minimum atomic E-state index is -0.0572. The first kappa shape index (κ1) is 11.9. The maximum absolute atomic E-state index is 11.9. The van der Waals surface area contributed by atoms with E-state index in [1.165, 1.54) is 16.9 Å². The van der Waals surface area contributed by atoms with E-state index < -0.39 is 0 Å². The predicted octanol–water partition coefficient (Wildman–Crippen LogP) is 3.11. The van der Waals surface area contributed by atoms with E-state index in [9.17, 15) is 4.79 Å². The van der Waals surface area contributed by atoms with E-state index in [2.05, 4.69) is 21.4 Å². The van der Waals surface area contributed by atoms with E-state index in [4.69, 9.17) is 0 Å². The Balaban J connectivity index is 1.76. The number of aryl methyl sites for hydroxylation is 1. The molecule has 0 fully saturated rings. The highest BCUT2D eigenvalue weighted by atomic mass is 32.1. The molecule has 96 valence electrons. The molecule has 0 spiro atoms. The molecule has 0 aliphatic carbocycles. The summed E-state index contributed by atoms with van der Waals surface area (Å²) >= 11 is 1.50. The van der Waals surface area contributed by atoms with Gasteiger partial charge in [0.1, 0.15) is 0 Å². The van der Waals surface area contributed by atoms with Crippen LogP contribution in [0.5, 0.6) is 0 Å². The van der Waals surface area contributed by atoms with E-state index in [1.807, 2.05) is 37.4 Å². The van der Waals surface area contributed by atoms with Gasteiger partial charge in [-0.3, -0.25) is 4.79 Å². The zero-order chi connectivity index (χ0) is 13.2. The Morgan fingerprint density at radius 2 is 2.32 bits per heavy atom. The van der Waals surface area contributed by atoms with Crippen LogP contribution < -0.4 is 5.32 Å². The fourth-order valence-corrected chi connectivity index (χ4v) is 2.88. The van der Waals surface area contributed by atoms with Gasteiger partial charge < -0.3 is 10.3 Å². The van der Waals surface area contributed by atoms with Gasteiger partial charge in [0, 0.05) is 11.9 Å². The van der Waals surface area contributed by atoms with E-state index in [1.54, 1.807) is 0 Å². The monoisotopic (exact) mass is 271 g/mol. The third-order valence-electron chi connectivity index (χ3n) is 2.80. The van der Waals surface area contributed by atoms with Gasteiger partial charge in [-0.15, -0.1) is 0 Å². The molecule has 5 heteroatoms. The maximum Gasteiger partial charge on any atom is 0.232 e. The Kier molecular flexibility index (Phi) is 3.05. The largest absolute Gasteiger partial charge is 0.365 e. The van der Waals surface area contributed by atoms with Gasteiger partial charge in [0.05, 0.1) is 16.6 Å². The van der Waals surface area contributed by atoms with Crippen LogP contribution in [-0.2, 0) is 11.2 Å². The lowest BCUT2D eigenvalue weighted by molar-refractivity contribution is -0.115. The molecule has 2 aromatic heterocycles. The first-order chi connectivity index (χ1) is 9.20. The summed E-state index contributed by atoms with van der Waals surface area (Å²) in [5, 5.41) is 3.49. The second-order valence-corrected chi connectivity index (χ2v) is 5.44. The van der Waals surface area contributed by atoms with E-state index >= 15 is 0 Å². The van der Waals surface area contributed by atoms with Gasteiger partial charge in [0.25, 0.3) is 0 Å². The van der Waals surface area contributed by atoms with Crippen molar-refractivity contribution in [3.05, 3.63) is 47.8 Å². The van der Waals surface area contributed by atoms with E-state index in [-0.39, 0.29) is 5.91 Å². The molecule has 0 aliphatic heterocycles. The predicted molar refractivity (Wildman–Crippen MR) is 77.5 cm³/mol. The fourth-order valence-electron chi connectivity index (χ4n) is 1.90. The molecular formula is C14H13N3OS.